The minimum Gasteiger partial charge on any atom is -0.478 e. The van der Waals surface area contributed by atoms with Crippen LogP contribution in [0.3, 0.4) is 0 Å². The number of nitrogens with zero attached hydrogens (tertiary/aromatic N) is 2. The predicted octanol–water partition coefficient (Wildman–Crippen LogP) is 3.32. The second-order valence-corrected chi connectivity index (χ2v) is 5.36. The highest BCUT2D eigenvalue weighted by Crippen LogP contribution is 2.25. The molecule has 1 N–H and O–H groups in total. The Hall–Kier alpha value is -2.60. The van der Waals surface area contributed by atoms with E-state index in [0.29, 0.717) is 17.9 Å². The van der Waals surface area contributed by atoms with Crippen LogP contribution >= 0.6 is 12.4 Å². The van der Waals surface area contributed by atoms with Crippen LogP contribution in [-0.2, 0) is 11.3 Å². The van der Waals surface area contributed by atoms with E-state index in [0.717, 1.165) is 5.56 Å². The molecular formula is C18H21ClN2O4. The summed E-state index contributed by atoms with van der Waals surface area (Å²) in [5, 5.41) is 9.26. The molecule has 0 fully saturated rings. The molecule has 0 unspecified atom stereocenters. The number of hydrogen-bond donors (Lipinski definition) is 1. The molecular weight excluding hydrogens is 344 g/mol. The smallest absolute Gasteiger partial charge is 0.342 e. The van der Waals surface area contributed by atoms with Crippen molar-refractivity contribution in [3.8, 4) is 0 Å². The first-order chi connectivity index (χ1) is 11.5. The second-order valence-electron chi connectivity index (χ2n) is 5.36. The molecule has 134 valence electrons. The summed E-state index contributed by atoms with van der Waals surface area (Å²) in [6, 6.07) is 9.74. The summed E-state index contributed by atoms with van der Waals surface area (Å²) >= 11 is 0. The van der Waals surface area contributed by atoms with Crippen molar-refractivity contribution in [2.75, 3.05) is 18.6 Å². The van der Waals surface area contributed by atoms with E-state index in [2.05, 4.69) is 4.98 Å². The molecule has 1 aromatic heterocycles. The van der Waals surface area contributed by atoms with Crippen LogP contribution in [-0.4, -0.2) is 35.7 Å². The van der Waals surface area contributed by atoms with E-state index in [9.17, 15) is 14.7 Å². The number of rotatable bonds is 6. The van der Waals surface area contributed by atoms with Gasteiger partial charge in [-0.2, -0.15) is 0 Å². The molecule has 1 heterocycles. The number of esters is 1. The van der Waals surface area contributed by atoms with Crippen molar-refractivity contribution in [3.63, 3.8) is 0 Å². The standard InChI is InChI=1S/C18H20N2O4.ClH/c1-4-24-18(23)15-12(2)14(17(21)22)10-19-16(15)20(3)11-13-8-6-5-7-9-13;/h5-10H,4,11H2,1-3H3,(H,21,22);1H. The summed E-state index contributed by atoms with van der Waals surface area (Å²) in [5.74, 6) is -1.29. The van der Waals surface area contributed by atoms with E-state index >= 15 is 0 Å². The minimum absolute atomic E-state index is 0. The van der Waals surface area contributed by atoms with E-state index in [-0.39, 0.29) is 30.1 Å². The Balaban J connectivity index is 0.00000312. The summed E-state index contributed by atoms with van der Waals surface area (Å²) in [6.45, 7) is 4.04. The summed E-state index contributed by atoms with van der Waals surface area (Å²) in [5.41, 5.74) is 1.59. The first kappa shape index (κ1) is 20.4. The molecule has 0 bridgehead atoms. The number of carbonyl (C=O) groups is 2. The maximum atomic E-state index is 12.3. The Morgan fingerprint density at radius 3 is 2.44 bits per heavy atom. The molecule has 25 heavy (non-hydrogen) atoms. The topological polar surface area (TPSA) is 79.7 Å². The SMILES string of the molecule is CCOC(=O)c1c(N(C)Cc2ccccc2)ncc(C(=O)O)c1C.Cl. The third kappa shape index (κ3) is 4.70. The third-order valence-electron chi connectivity index (χ3n) is 3.65. The zero-order valence-corrected chi connectivity index (χ0v) is 15.2. The Morgan fingerprint density at radius 1 is 1.24 bits per heavy atom. The Labute approximate surface area is 152 Å². The number of anilines is 1. The van der Waals surface area contributed by atoms with Crippen molar-refractivity contribution in [1.82, 2.24) is 4.98 Å². The Bertz CT molecular complexity index is 750. The van der Waals surface area contributed by atoms with Gasteiger partial charge in [-0.1, -0.05) is 30.3 Å². The number of carboxylic acid groups (broad SMARTS) is 1. The quantitative estimate of drug-likeness (QED) is 0.792. The summed E-state index contributed by atoms with van der Waals surface area (Å²) < 4.78 is 5.09. The number of benzene rings is 1. The van der Waals surface area contributed by atoms with Gasteiger partial charge in [0.05, 0.1) is 12.2 Å². The number of pyridine rings is 1. The fraction of sp³-hybridized carbons (Fsp3) is 0.278. The minimum atomic E-state index is -1.12. The molecule has 0 atom stereocenters. The Morgan fingerprint density at radius 2 is 1.88 bits per heavy atom. The van der Waals surface area contributed by atoms with E-state index < -0.39 is 11.9 Å². The van der Waals surface area contributed by atoms with Gasteiger partial charge in [-0.05, 0) is 25.0 Å². The van der Waals surface area contributed by atoms with Crippen molar-refractivity contribution < 1.29 is 19.4 Å². The highest BCUT2D eigenvalue weighted by Gasteiger charge is 2.24. The third-order valence-corrected chi connectivity index (χ3v) is 3.65. The van der Waals surface area contributed by atoms with Crippen LogP contribution < -0.4 is 4.90 Å². The van der Waals surface area contributed by atoms with Gasteiger partial charge in [-0.3, -0.25) is 0 Å². The molecule has 0 aliphatic rings. The predicted molar refractivity (Wildman–Crippen MR) is 97.7 cm³/mol. The van der Waals surface area contributed by atoms with Gasteiger partial charge in [0.15, 0.2) is 0 Å². The molecule has 0 spiro atoms. The number of aromatic nitrogens is 1. The normalized spacial score (nSPS) is 9.88. The van der Waals surface area contributed by atoms with Crippen LogP contribution in [0, 0.1) is 6.92 Å². The monoisotopic (exact) mass is 364 g/mol. The van der Waals surface area contributed by atoms with Crippen LogP contribution in [0.5, 0.6) is 0 Å². The van der Waals surface area contributed by atoms with Crippen molar-refractivity contribution in [2.45, 2.75) is 20.4 Å². The fourth-order valence-electron chi connectivity index (χ4n) is 2.47. The second kappa shape index (κ2) is 9.03. The van der Waals surface area contributed by atoms with Gasteiger partial charge in [-0.15, -0.1) is 12.4 Å². The average Bonchev–Trinajstić information content (AvgIpc) is 2.55. The zero-order valence-electron chi connectivity index (χ0n) is 14.4. The number of aromatic carboxylic acids is 1. The van der Waals surface area contributed by atoms with Crippen LogP contribution in [0.4, 0.5) is 5.82 Å². The largest absolute Gasteiger partial charge is 0.478 e. The Kier molecular flexibility index (Phi) is 7.39. The summed E-state index contributed by atoms with van der Waals surface area (Å²) in [4.78, 5) is 29.7. The van der Waals surface area contributed by atoms with Crippen molar-refractivity contribution >= 4 is 30.2 Å². The first-order valence-corrected chi connectivity index (χ1v) is 7.60. The lowest BCUT2D eigenvalue weighted by atomic mass is 10.0. The summed E-state index contributed by atoms with van der Waals surface area (Å²) in [7, 11) is 1.80. The van der Waals surface area contributed by atoms with E-state index in [1.165, 1.54) is 6.20 Å². The number of hydrogen-bond acceptors (Lipinski definition) is 5. The van der Waals surface area contributed by atoms with Gasteiger partial charge in [0, 0.05) is 19.8 Å². The van der Waals surface area contributed by atoms with E-state index in [1.807, 2.05) is 30.3 Å². The van der Waals surface area contributed by atoms with Crippen molar-refractivity contribution in [1.29, 1.82) is 0 Å². The molecule has 1 aromatic carbocycles. The van der Waals surface area contributed by atoms with Gasteiger partial charge >= 0.3 is 11.9 Å². The molecule has 0 saturated heterocycles. The zero-order chi connectivity index (χ0) is 17.7. The van der Waals surface area contributed by atoms with Crippen LogP contribution in [0.1, 0.15) is 38.8 Å². The maximum Gasteiger partial charge on any atom is 0.342 e. The van der Waals surface area contributed by atoms with Gasteiger partial charge in [-0.25, -0.2) is 14.6 Å². The van der Waals surface area contributed by atoms with Crippen LogP contribution in [0.15, 0.2) is 36.5 Å². The lowest BCUT2D eigenvalue weighted by Crippen LogP contribution is -2.23. The first-order valence-electron chi connectivity index (χ1n) is 7.60. The van der Waals surface area contributed by atoms with Crippen molar-refractivity contribution in [3.05, 3.63) is 58.8 Å². The summed E-state index contributed by atoms with van der Waals surface area (Å²) in [6.07, 6.45) is 1.28. The fourth-order valence-corrected chi connectivity index (χ4v) is 2.47. The number of ether oxygens (including phenoxy) is 1. The lowest BCUT2D eigenvalue weighted by Gasteiger charge is -2.22. The van der Waals surface area contributed by atoms with E-state index in [1.54, 1.807) is 25.8 Å². The van der Waals surface area contributed by atoms with Crippen LogP contribution in [0.2, 0.25) is 0 Å². The van der Waals surface area contributed by atoms with Gasteiger partial charge in [0.25, 0.3) is 0 Å². The molecule has 7 heteroatoms. The molecule has 0 saturated carbocycles. The van der Waals surface area contributed by atoms with Gasteiger partial charge < -0.3 is 14.7 Å². The van der Waals surface area contributed by atoms with Gasteiger partial charge in [0.2, 0.25) is 0 Å². The molecule has 0 radical (unpaired) electrons. The van der Waals surface area contributed by atoms with Gasteiger partial charge in [0.1, 0.15) is 11.4 Å². The number of carbonyl (C=O) groups excluding carboxylic acids is 1. The number of carboxylic acids is 1. The average molecular weight is 365 g/mol. The molecule has 0 aliphatic carbocycles. The highest BCUT2D eigenvalue weighted by atomic mass is 35.5. The molecule has 0 aliphatic heterocycles. The molecule has 6 nitrogen and oxygen atoms in total. The molecule has 2 aromatic rings. The van der Waals surface area contributed by atoms with Crippen LogP contribution in [0.25, 0.3) is 0 Å². The van der Waals surface area contributed by atoms with E-state index in [4.69, 9.17) is 4.74 Å². The number of halogens is 1. The molecule has 2 rings (SSSR count). The lowest BCUT2D eigenvalue weighted by molar-refractivity contribution is 0.0526. The molecule has 0 amide bonds. The van der Waals surface area contributed by atoms with Crippen molar-refractivity contribution in [2.24, 2.45) is 0 Å². The maximum absolute atomic E-state index is 12.3. The highest BCUT2D eigenvalue weighted by molar-refractivity contribution is 6.00.